The highest BCUT2D eigenvalue weighted by Gasteiger charge is 2.16. The van der Waals surface area contributed by atoms with E-state index in [9.17, 15) is 14.9 Å². The van der Waals surface area contributed by atoms with E-state index in [0.717, 1.165) is 16.6 Å². The van der Waals surface area contributed by atoms with E-state index < -0.39 is 4.92 Å². The van der Waals surface area contributed by atoms with Crippen molar-refractivity contribution >= 4 is 27.5 Å². The second-order valence-corrected chi connectivity index (χ2v) is 6.40. The van der Waals surface area contributed by atoms with Crippen LogP contribution in [0.5, 0.6) is 0 Å². The lowest BCUT2D eigenvalue weighted by Gasteiger charge is -2.12. The molecular formula is C14H19BrN6O3. The number of aryl methyl sites for hydroxylation is 2. The van der Waals surface area contributed by atoms with Gasteiger partial charge < -0.3 is 5.32 Å². The fourth-order valence-electron chi connectivity index (χ4n) is 2.15. The van der Waals surface area contributed by atoms with Crippen molar-refractivity contribution in [2.45, 2.75) is 33.4 Å². The summed E-state index contributed by atoms with van der Waals surface area (Å²) in [4.78, 5) is 22.1. The molecule has 0 aromatic carbocycles. The quantitative estimate of drug-likeness (QED) is 0.414. The molecule has 10 heteroatoms. The minimum atomic E-state index is -0.510. The number of hydrogen-bond acceptors (Lipinski definition) is 5. The first-order chi connectivity index (χ1) is 11.4. The zero-order valence-corrected chi connectivity index (χ0v) is 15.1. The molecule has 0 saturated heterocycles. The summed E-state index contributed by atoms with van der Waals surface area (Å²) >= 11 is 3.41. The molecule has 0 saturated carbocycles. The van der Waals surface area contributed by atoms with E-state index in [1.54, 1.807) is 6.92 Å². The van der Waals surface area contributed by atoms with Crippen molar-refractivity contribution in [1.29, 1.82) is 0 Å². The first-order valence-electron chi connectivity index (χ1n) is 7.51. The van der Waals surface area contributed by atoms with Crippen molar-refractivity contribution in [3.63, 3.8) is 0 Å². The van der Waals surface area contributed by atoms with Gasteiger partial charge in [0.15, 0.2) is 0 Å². The molecule has 24 heavy (non-hydrogen) atoms. The summed E-state index contributed by atoms with van der Waals surface area (Å²) in [6.07, 6.45) is 5.17. The zero-order chi connectivity index (χ0) is 17.7. The van der Waals surface area contributed by atoms with Crippen LogP contribution in [0.15, 0.2) is 23.1 Å². The molecule has 2 aromatic rings. The van der Waals surface area contributed by atoms with Crippen molar-refractivity contribution in [3.8, 4) is 0 Å². The Morgan fingerprint density at radius 1 is 1.46 bits per heavy atom. The van der Waals surface area contributed by atoms with Gasteiger partial charge in [-0.3, -0.25) is 24.3 Å². The van der Waals surface area contributed by atoms with Gasteiger partial charge in [-0.05, 0) is 29.3 Å². The minimum absolute atomic E-state index is 0.0803. The molecule has 0 aliphatic carbocycles. The third-order valence-corrected chi connectivity index (χ3v) is 4.27. The van der Waals surface area contributed by atoms with E-state index in [-0.39, 0.29) is 17.5 Å². The Balaban J connectivity index is 1.72. The van der Waals surface area contributed by atoms with Gasteiger partial charge in [-0.15, -0.1) is 0 Å². The maximum Gasteiger partial charge on any atom is 0.306 e. The molecule has 1 atom stereocenters. The highest BCUT2D eigenvalue weighted by molar-refractivity contribution is 9.10. The molecule has 2 heterocycles. The van der Waals surface area contributed by atoms with Crippen LogP contribution in [-0.2, 0) is 17.9 Å². The van der Waals surface area contributed by atoms with Crippen molar-refractivity contribution in [3.05, 3.63) is 38.9 Å². The maximum absolute atomic E-state index is 12.0. The van der Waals surface area contributed by atoms with Gasteiger partial charge in [-0.25, -0.2) is 0 Å². The molecule has 0 radical (unpaired) electrons. The summed E-state index contributed by atoms with van der Waals surface area (Å²) in [6, 6.07) is 0. The van der Waals surface area contributed by atoms with Crippen LogP contribution in [-0.4, -0.2) is 36.9 Å². The van der Waals surface area contributed by atoms with Crippen molar-refractivity contribution in [2.75, 3.05) is 6.54 Å². The standard InChI is InChI=1S/C14H19BrN6O3/c1-10(7-20-8-12(6-17-20)21(23)24)14(22)16-4-3-5-19-9-13(15)11(2)18-19/h6,8-10H,3-5,7H2,1-2H3,(H,16,22). The molecule has 9 nitrogen and oxygen atoms in total. The number of rotatable bonds is 8. The van der Waals surface area contributed by atoms with Gasteiger partial charge in [-0.2, -0.15) is 10.2 Å². The van der Waals surface area contributed by atoms with Crippen molar-refractivity contribution in [2.24, 2.45) is 5.92 Å². The van der Waals surface area contributed by atoms with E-state index in [1.165, 1.54) is 17.1 Å². The Morgan fingerprint density at radius 3 is 2.79 bits per heavy atom. The molecular weight excluding hydrogens is 380 g/mol. The number of nitro groups is 1. The number of nitrogens with one attached hydrogen (secondary N) is 1. The van der Waals surface area contributed by atoms with Gasteiger partial charge in [0.25, 0.3) is 0 Å². The Kier molecular flexibility index (Phi) is 6.07. The fourth-order valence-corrected chi connectivity index (χ4v) is 2.46. The highest BCUT2D eigenvalue weighted by atomic mass is 79.9. The van der Waals surface area contributed by atoms with Gasteiger partial charge in [0.2, 0.25) is 5.91 Å². The van der Waals surface area contributed by atoms with Crippen molar-refractivity contribution in [1.82, 2.24) is 24.9 Å². The van der Waals surface area contributed by atoms with Crippen molar-refractivity contribution < 1.29 is 9.72 Å². The lowest BCUT2D eigenvalue weighted by Crippen LogP contribution is -2.32. The average molecular weight is 399 g/mol. The fraction of sp³-hybridized carbons (Fsp3) is 0.500. The van der Waals surface area contributed by atoms with E-state index in [2.05, 4.69) is 31.4 Å². The maximum atomic E-state index is 12.0. The van der Waals surface area contributed by atoms with Crippen LogP contribution in [0.3, 0.4) is 0 Å². The number of halogens is 1. The molecule has 1 N–H and O–H groups in total. The predicted octanol–water partition coefficient (Wildman–Crippen LogP) is 1.90. The Labute approximate surface area is 147 Å². The number of aromatic nitrogens is 4. The summed E-state index contributed by atoms with van der Waals surface area (Å²) in [5.74, 6) is -0.434. The number of amides is 1. The molecule has 0 spiro atoms. The minimum Gasteiger partial charge on any atom is -0.356 e. The molecule has 2 aromatic heterocycles. The van der Waals surface area contributed by atoms with E-state index in [1.807, 2.05) is 17.8 Å². The molecule has 1 amide bonds. The zero-order valence-electron chi connectivity index (χ0n) is 13.5. The second kappa shape index (κ2) is 8.04. The smallest absolute Gasteiger partial charge is 0.306 e. The molecule has 0 bridgehead atoms. The van der Waals surface area contributed by atoms with Crippen LogP contribution in [0, 0.1) is 23.0 Å². The predicted molar refractivity (Wildman–Crippen MR) is 90.3 cm³/mol. The summed E-state index contributed by atoms with van der Waals surface area (Å²) in [6.45, 7) is 5.23. The molecule has 1 unspecified atom stereocenters. The third kappa shape index (κ3) is 4.88. The van der Waals surface area contributed by atoms with Crippen LogP contribution < -0.4 is 5.32 Å². The van der Waals surface area contributed by atoms with E-state index in [4.69, 9.17) is 0 Å². The second-order valence-electron chi connectivity index (χ2n) is 5.55. The van der Waals surface area contributed by atoms with Crippen LogP contribution >= 0.6 is 15.9 Å². The number of carbonyl (C=O) groups is 1. The lowest BCUT2D eigenvalue weighted by molar-refractivity contribution is -0.385. The van der Waals surface area contributed by atoms with Crippen LogP contribution in [0.1, 0.15) is 19.0 Å². The monoisotopic (exact) mass is 398 g/mol. The van der Waals surface area contributed by atoms with Crippen LogP contribution in [0.2, 0.25) is 0 Å². The van der Waals surface area contributed by atoms with Gasteiger partial charge in [0.1, 0.15) is 12.4 Å². The number of hydrogen-bond donors (Lipinski definition) is 1. The normalized spacial score (nSPS) is 12.1. The van der Waals surface area contributed by atoms with Gasteiger partial charge in [0.05, 0.1) is 27.6 Å². The summed E-state index contributed by atoms with van der Waals surface area (Å²) in [5, 5.41) is 21.7. The third-order valence-electron chi connectivity index (χ3n) is 3.49. The first-order valence-corrected chi connectivity index (χ1v) is 8.30. The topological polar surface area (TPSA) is 108 Å². The van der Waals surface area contributed by atoms with Crippen LogP contribution in [0.4, 0.5) is 5.69 Å². The van der Waals surface area contributed by atoms with Gasteiger partial charge >= 0.3 is 5.69 Å². The molecule has 130 valence electrons. The highest BCUT2D eigenvalue weighted by Crippen LogP contribution is 2.13. The van der Waals surface area contributed by atoms with E-state index >= 15 is 0 Å². The largest absolute Gasteiger partial charge is 0.356 e. The Morgan fingerprint density at radius 2 is 2.21 bits per heavy atom. The first kappa shape index (κ1) is 18.1. The Hall–Kier alpha value is -2.23. The van der Waals surface area contributed by atoms with Gasteiger partial charge in [0, 0.05) is 19.3 Å². The summed E-state index contributed by atoms with van der Waals surface area (Å²) in [7, 11) is 0. The molecule has 2 rings (SSSR count). The van der Waals surface area contributed by atoms with Crippen LogP contribution in [0.25, 0.3) is 0 Å². The SMILES string of the molecule is Cc1nn(CCCNC(=O)C(C)Cn2cc([N+](=O)[O-])cn2)cc1Br. The molecule has 0 fully saturated rings. The molecule has 0 aliphatic heterocycles. The lowest BCUT2D eigenvalue weighted by atomic mass is 10.1. The summed E-state index contributed by atoms with van der Waals surface area (Å²) < 4.78 is 4.21. The number of nitrogens with zero attached hydrogens (tertiary/aromatic N) is 5. The van der Waals surface area contributed by atoms with Gasteiger partial charge in [-0.1, -0.05) is 6.92 Å². The Bertz CT molecular complexity index is 706. The molecule has 0 aliphatic rings. The average Bonchev–Trinajstić information content (AvgIpc) is 3.11. The van der Waals surface area contributed by atoms with E-state index in [0.29, 0.717) is 19.6 Å². The summed E-state index contributed by atoms with van der Waals surface area (Å²) in [5.41, 5.74) is 0.851. The number of carbonyl (C=O) groups excluding carboxylic acids is 1.